The number of hydrogen-bond acceptors (Lipinski definition) is 3. The molecule has 3 nitrogen and oxygen atoms in total. The van der Waals surface area contributed by atoms with Crippen LogP contribution in [0.25, 0.3) is 11.3 Å². The molecule has 0 bridgehead atoms. The Kier molecular flexibility index (Phi) is 2.26. The third-order valence-corrected chi connectivity index (χ3v) is 2.80. The van der Waals surface area contributed by atoms with Gasteiger partial charge in [-0.2, -0.15) is 0 Å². The standard InChI is InChI=1S/C12H9ClN2O/c13-12-14-6-4-10(15-12)9-3-1-2-8-5-7-16-11(8)9/h1-4,6H,5,7H2. The monoisotopic (exact) mass is 232 g/mol. The van der Waals surface area contributed by atoms with E-state index in [2.05, 4.69) is 16.0 Å². The lowest BCUT2D eigenvalue weighted by molar-refractivity contribution is 0.358. The highest BCUT2D eigenvalue weighted by Gasteiger charge is 2.17. The molecule has 0 spiro atoms. The SMILES string of the molecule is Clc1nccc(-c2cccc3c2OCC3)n1. The fraction of sp³-hybridized carbons (Fsp3) is 0.167. The van der Waals surface area contributed by atoms with Crippen molar-refractivity contribution >= 4 is 11.6 Å². The van der Waals surface area contributed by atoms with Crippen LogP contribution in [0.3, 0.4) is 0 Å². The van der Waals surface area contributed by atoms with Crippen molar-refractivity contribution in [1.82, 2.24) is 9.97 Å². The van der Waals surface area contributed by atoms with Gasteiger partial charge in [-0.05, 0) is 29.3 Å². The van der Waals surface area contributed by atoms with Crippen LogP contribution < -0.4 is 4.74 Å². The van der Waals surface area contributed by atoms with Gasteiger partial charge in [0.2, 0.25) is 5.28 Å². The minimum Gasteiger partial charge on any atom is -0.492 e. The topological polar surface area (TPSA) is 35.0 Å². The van der Waals surface area contributed by atoms with Crippen molar-refractivity contribution in [3.63, 3.8) is 0 Å². The molecule has 0 radical (unpaired) electrons. The summed E-state index contributed by atoms with van der Waals surface area (Å²) in [4.78, 5) is 8.07. The Labute approximate surface area is 98.1 Å². The largest absolute Gasteiger partial charge is 0.492 e. The van der Waals surface area contributed by atoms with E-state index in [1.165, 1.54) is 5.56 Å². The lowest BCUT2D eigenvalue weighted by atomic mass is 10.1. The number of rotatable bonds is 1. The van der Waals surface area contributed by atoms with E-state index in [1.54, 1.807) is 6.20 Å². The van der Waals surface area contributed by atoms with Crippen LogP contribution in [0.5, 0.6) is 5.75 Å². The molecule has 1 aromatic carbocycles. The van der Waals surface area contributed by atoms with E-state index in [9.17, 15) is 0 Å². The van der Waals surface area contributed by atoms with Crippen molar-refractivity contribution in [3.05, 3.63) is 41.3 Å². The summed E-state index contributed by atoms with van der Waals surface area (Å²) in [5.41, 5.74) is 3.02. The number of halogens is 1. The van der Waals surface area contributed by atoms with Crippen LogP contribution in [0.2, 0.25) is 5.28 Å². The molecule has 80 valence electrons. The summed E-state index contributed by atoms with van der Waals surface area (Å²) in [5.74, 6) is 0.928. The highest BCUT2D eigenvalue weighted by Crippen LogP contribution is 2.35. The maximum Gasteiger partial charge on any atom is 0.222 e. The quantitative estimate of drug-likeness (QED) is 0.710. The van der Waals surface area contributed by atoms with Crippen LogP contribution in [0.15, 0.2) is 30.5 Å². The van der Waals surface area contributed by atoms with Gasteiger partial charge in [-0.1, -0.05) is 12.1 Å². The molecule has 0 saturated heterocycles. The number of benzene rings is 1. The van der Waals surface area contributed by atoms with Gasteiger partial charge in [0.1, 0.15) is 5.75 Å². The summed E-state index contributed by atoms with van der Waals surface area (Å²) in [6, 6.07) is 7.92. The molecule has 0 fully saturated rings. The molecule has 1 aliphatic heterocycles. The third kappa shape index (κ3) is 1.53. The highest BCUT2D eigenvalue weighted by molar-refractivity contribution is 6.28. The molecule has 2 aromatic rings. The van der Waals surface area contributed by atoms with Crippen LogP contribution in [0.1, 0.15) is 5.56 Å². The number of fused-ring (bicyclic) bond motifs is 1. The van der Waals surface area contributed by atoms with Gasteiger partial charge in [0, 0.05) is 18.2 Å². The minimum atomic E-state index is 0.258. The Morgan fingerprint density at radius 3 is 3.06 bits per heavy atom. The molecule has 2 heterocycles. The summed E-state index contributed by atoms with van der Waals surface area (Å²) in [7, 11) is 0. The van der Waals surface area contributed by atoms with Gasteiger partial charge in [-0.15, -0.1) is 0 Å². The molecule has 0 saturated carbocycles. The highest BCUT2D eigenvalue weighted by atomic mass is 35.5. The number of hydrogen-bond donors (Lipinski definition) is 0. The maximum atomic E-state index is 5.78. The Bertz CT molecular complexity index is 542. The van der Waals surface area contributed by atoms with Gasteiger partial charge in [-0.25, -0.2) is 9.97 Å². The first-order valence-corrected chi connectivity index (χ1v) is 5.46. The zero-order valence-corrected chi connectivity index (χ0v) is 9.24. The van der Waals surface area contributed by atoms with Crippen molar-refractivity contribution in [1.29, 1.82) is 0 Å². The van der Waals surface area contributed by atoms with Crippen LogP contribution in [-0.2, 0) is 6.42 Å². The first kappa shape index (κ1) is 9.60. The number of aromatic nitrogens is 2. The molecule has 1 aromatic heterocycles. The summed E-state index contributed by atoms with van der Waals surface area (Å²) in [6.07, 6.45) is 2.61. The summed E-state index contributed by atoms with van der Waals surface area (Å²) < 4.78 is 5.62. The van der Waals surface area contributed by atoms with E-state index in [4.69, 9.17) is 16.3 Å². The second kappa shape index (κ2) is 3.76. The predicted molar refractivity (Wildman–Crippen MR) is 61.7 cm³/mol. The van der Waals surface area contributed by atoms with Gasteiger partial charge < -0.3 is 4.74 Å². The van der Waals surface area contributed by atoms with E-state index < -0.39 is 0 Å². The molecular weight excluding hydrogens is 224 g/mol. The van der Waals surface area contributed by atoms with Crippen molar-refractivity contribution in [2.24, 2.45) is 0 Å². The second-order valence-corrected chi connectivity index (χ2v) is 3.94. The van der Waals surface area contributed by atoms with E-state index in [1.807, 2.05) is 18.2 Å². The zero-order chi connectivity index (χ0) is 11.0. The summed E-state index contributed by atoms with van der Waals surface area (Å²) >= 11 is 5.78. The van der Waals surface area contributed by atoms with Gasteiger partial charge in [0.15, 0.2) is 0 Å². The van der Waals surface area contributed by atoms with E-state index >= 15 is 0 Å². The number of nitrogens with zero attached hydrogens (tertiary/aromatic N) is 2. The lowest BCUT2D eigenvalue weighted by Crippen LogP contribution is -1.91. The minimum absolute atomic E-state index is 0.258. The normalized spacial score (nSPS) is 13.3. The molecule has 4 heteroatoms. The fourth-order valence-electron chi connectivity index (χ4n) is 1.90. The average molecular weight is 233 g/mol. The average Bonchev–Trinajstić information content (AvgIpc) is 2.76. The van der Waals surface area contributed by atoms with Crippen LogP contribution in [0, 0.1) is 0 Å². The molecule has 0 N–H and O–H groups in total. The van der Waals surface area contributed by atoms with Gasteiger partial charge in [-0.3, -0.25) is 0 Å². The Hall–Kier alpha value is -1.61. The predicted octanol–water partition coefficient (Wildman–Crippen LogP) is 2.73. The van der Waals surface area contributed by atoms with E-state index in [0.717, 1.165) is 30.0 Å². The van der Waals surface area contributed by atoms with E-state index in [-0.39, 0.29) is 5.28 Å². The summed E-state index contributed by atoms with van der Waals surface area (Å²) in [5, 5.41) is 0.258. The lowest BCUT2D eigenvalue weighted by Gasteiger charge is -2.06. The number of para-hydroxylation sites is 1. The van der Waals surface area contributed by atoms with Crippen LogP contribution in [-0.4, -0.2) is 16.6 Å². The smallest absolute Gasteiger partial charge is 0.222 e. The number of ether oxygens (including phenoxy) is 1. The molecule has 0 unspecified atom stereocenters. The van der Waals surface area contributed by atoms with Gasteiger partial charge in [0.25, 0.3) is 0 Å². The van der Waals surface area contributed by atoms with Crippen molar-refractivity contribution in [3.8, 4) is 17.0 Å². The fourth-order valence-corrected chi connectivity index (χ4v) is 2.05. The maximum absolute atomic E-state index is 5.78. The van der Waals surface area contributed by atoms with Crippen molar-refractivity contribution < 1.29 is 4.74 Å². The molecule has 16 heavy (non-hydrogen) atoms. The van der Waals surface area contributed by atoms with E-state index in [0.29, 0.717) is 0 Å². The molecule has 1 aliphatic rings. The first-order valence-electron chi connectivity index (χ1n) is 5.08. The van der Waals surface area contributed by atoms with Crippen LogP contribution in [0.4, 0.5) is 0 Å². The van der Waals surface area contributed by atoms with Crippen molar-refractivity contribution in [2.75, 3.05) is 6.61 Å². The van der Waals surface area contributed by atoms with Crippen LogP contribution >= 0.6 is 11.6 Å². The Morgan fingerprint density at radius 1 is 1.25 bits per heavy atom. The Balaban J connectivity index is 2.17. The molecule has 0 aliphatic carbocycles. The Morgan fingerprint density at radius 2 is 2.19 bits per heavy atom. The van der Waals surface area contributed by atoms with Gasteiger partial charge in [0.05, 0.1) is 12.3 Å². The zero-order valence-electron chi connectivity index (χ0n) is 8.48. The van der Waals surface area contributed by atoms with Gasteiger partial charge >= 0.3 is 0 Å². The van der Waals surface area contributed by atoms with Crippen molar-refractivity contribution in [2.45, 2.75) is 6.42 Å². The third-order valence-electron chi connectivity index (χ3n) is 2.62. The second-order valence-electron chi connectivity index (χ2n) is 3.60. The molecule has 0 atom stereocenters. The molecule has 0 amide bonds. The molecule has 3 rings (SSSR count). The summed E-state index contributed by atoms with van der Waals surface area (Å²) in [6.45, 7) is 0.741. The molecular formula is C12H9ClN2O. The first-order chi connectivity index (χ1) is 7.84.